The summed E-state index contributed by atoms with van der Waals surface area (Å²) in [5, 5.41) is 10.1. The normalized spacial score (nSPS) is 24.5. The zero-order chi connectivity index (χ0) is 33.1. The molecule has 0 unspecified atom stereocenters. The van der Waals surface area contributed by atoms with E-state index >= 15 is 0 Å². The summed E-state index contributed by atoms with van der Waals surface area (Å²) in [5.74, 6) is 0.0909. The molecule has 0 spiro atoms. The number of hydrogen-bond acceptors (Lipinski definition) is 3. The monoisotopic (exact) mass is 596 g/mol. The highest BCUT2D eigenvalue weighted by Crippen LogP contribution is 2.41. The van der Waals surface area contributed by atoms with Gasteiger partial charge in [-0.2, -0.15) is 0 Å². The van der Waals surface area contributed by atoms with E-state index in [-0.39, 0.29) is 28.8 Å². The Hall–Kier alpha value is -3.27. The highest BCUT2D eigenvalue weighted by molar-refractivity contribution is 6.00. The molecule has 44 heavy (non-hydrogen) atoms. The van der Waals surface area contributed by atoms with E-state index in [2.05, 4.69) is 147 Å². The van der Waals surface area contributed by atoms with E-state index in [1.807, 2.05) is 6.92 Å². The molecule has 0 radical (unpaired) electrons. The van der Waals surface area contributed by atoms with Crippen molar-refractivity contribution in [1.29, 1.82) is 0 Å². The van der Waals surface area contributed by atoms with Gasteiger partial charge >= 0.3 is 0 Å². The lowest BCUT2D eigenvalue weighted by molar-refractivity contribution is -0.127. The van der Waals surface area contributed by atoms with Crippen LogP contribution in [0.3, 0.4) is 0 Å². The van der Waals surface area contributed by atoms with Crippen LogP contribution in [0.5, 0.6) is 0 Å². The molecule has 0 saturated heterocycles. The van der Waals surface area contributed by atoms with Crippen molar-refractivity contribution >= 4 is 5.78 Å². The molecule has 2 rings (SSSR count). The molecule has 2 atom stereocenters. The Bertz CT molecular complexity index is 1390. The van der Waals surface area contributed by atoms with Gasteiger partial charge in [-0.05, 0) is 88.4 Å². The Balaban J connectivity index is 1.93. The van der Waals surface area contributed by atoms with Crippen molar-refractivity contribution in [2.24, 2.45) is 10.8 Å². The van der Waals surface area contributed by atoms with E-state index in [4.69, 9.17) is 4.74 Å². The predicted molar refractivity (Wildman–Crippen MR) is 189 cm³/mol. The molecule has 238 valence electrons. The maximum Gasteiger partial charge on any atom is 0.187 e. The summed E-state index contributed by atoms with van der Waals surface area (Å²) in [6.07, 6.45) is 31.1. The number of carbonyl (C=O) groups is 1. The molecule has 2 aliphatic carbocycles. The van der Waals surface area contributed by atoms with Crippen LogP contribution in [-0.4, -0.2) is 30.2 Å². The summed E-state index contributed by atoms with van der Waals surface area (Å²) >= 11 is 0. The van der Waals surface area contributed by atoms with Crippen LogP contribution in [0.1, 0.15) is 88.5 Å². The van der Waals surface area contributed by atoms with Crippen LogP contribution in [0.15, 0.2) is 130 Å². The summed E-state index contributed by atoms with van der Waals surface area (Å²) in [6, 6.07) is 0. The van der Waals surface area contributed by atoms with Gasteiger partial charge in [0, 0.05) is 7.11 Å². The van der Waals surface area contributed by atoms with Gasteiger partial charge in [-0.1, -0.05) is 141 Å². The Labute approximate surface area is 268 Å². The lowest BCUT2D eigenvalue weighted by Gasteiger charge is -2.36. The Morgan fingerprint density at radius 3 is 1.61 bits per heavy atom. The number of rotatable bonds is 11. The zero-order valence-electron chi connectivity index (χ0n) is 29.1. The molecule has 0 bridgehead atoms. The van der Waals surface area contributed by atoms with Gasteiger partial charge < -0.3 is 9.84 Å². The van der Waals surface area contributed by atoms with Crippen molar-refractivity contribution < 1.29 is 14.6 Å². The van der Waals surface area contributed by atoms with E-state index in [1.165, 1.54) is 22.3 Å². The Kier molecular flexibility index (Phi) is 14.0. The quantitative estimate of drug-likeness (QED) is 0.241. The number of allylic oxidation sites excluding steroid dienone is 20. The summed E-state index contributed by atoms with van der Waals surface area (Å²) in [6.45, 7) is 21.2. The minimum absolute atomic E-state index is 0.00194. The average Bonchev–Trinajstić information content (AvgIpc) is 2.91. The third-order valence-corrected chi connectivity index (χ3v) is 8.54. The molecule has 1 N–H and O–H groups in total. The molecule has 0 amide bonds. The van der Waals surface area contributed by atoms with E-state index in [9.17, 15) is 9.90 Å². The minimum atomic E-state index is -0.347. The van der Waals surface area contributed by atoms with Crippen molar-refractivity contribution in [3.05, 3.63) is 130 Å². The standard InChI is InChI=1S/C41H56O3/c1-29(18-14-20-31(3)22-24-36-33(5)26-35(42)27-40(36,7)8)16-12-13-17-30(2)19-15-21-32(4)23-25-37-34(6)39(43)38(44-11)28-41(37,9)10/h12-25,35,38,42H,26-28H2,1-11H3/b13-12+,18-14+,19-15+,24-22+,25-23+,29-16+,30-17+,31-20+,32-21+/t35-,38+/m1/s1. The van der Waals surface area contributed by atoms with E-state index in [0.29, 0.717) is 6.42 Å². The van der Waals surface area contributed by atoms with Gasteiger partial charge in [-0.15, -0.1) is 0 Å². The van der Waals surface area contributed by atoms with Crippen LogP contribution in [0.2, 0.25) is 0 Å². The van der Waals surface area contributed by atoms with Crippen molar-refractivity contribution in [2.75, 3.05) is 7.11 Å². The summed E-state index contributed by atoms with van der Waals surface area (Å²) in [5.41, 5.74) is 9.04. The Morgan fingerprint density at radius 1 is 0.705 bits per heavy atom. The molecule has 0 aromatic heterocycles. The highest BCUT2D eigenvalue weighted by Gasteiger charge is 2.37. The molecular formula is C41H56O3. The van der Waals surface area contributed by atoms with Gasteiger partial charge in [0.1, 0.15) is 6.10 Å². The second-order valence-electron chi connectivity index (χ2n) is 13.8. The van der Waals surface area contributed by atoms with Gasteiger partial charge in [-0.3, -0.25) is 4.79 Å². The van der Waals surface area contributed by atoms with Crippen LogP contribution in [0.4, 0.5) is 0 Å². The largest absolute Gasteiger partial charge is 0.393 e. The molecule has 0 aliphatic heterocycles. The molecule has 0 heterocycles. The van der Waals surface area contributed by atoms with E-state index in [1.54, 1.807) is 7.11 Å². The van der Waals surface area contributed by atoms with Gasteiger partial charge in [0.25, 0.3) is 0 Å². The van der Waals surface area contributed by atoms with Crippen LogP contribution in [0.25, 0.3) is 0 Å². The van der Waals surface area contributed by atoms with Crippen molar-refractivity contribution in [2.45, 2.75) is 101 Å². The number of aliphatic hydroxyl groups excluding tert-OH is 1. The summed E-state index contributed by atoms with van der Waals surface area (Å²) in [7, 11) is 1.61. The minimum Gasteiger partial charge on any atom is -0.393 e. The summed E-state index contributed by atoms with van der Waals surface area (Å²) in [4.78, 5) is 12.6. The topological polar surface area (TPSA) is 46.5 Å². The lowest BCUT2D eigenvalue weighted by Crippen LogP contribution is -2.37. The van der Waals surface area contributed by atoms with Gasteiger partial charge in [0.05, 0.1) is 6.10 Å². The van der Waals surface area contributed by atoms with E-state index < -0.39 is 0 Å². The number of Topliss-reactive ketones (excluding diaryl/α,β-unsaturated/α-hetero) is 1. The van der Waals surface area contributed by atoms with Crippen LogP contribution in [-0.2, 0) is 9.53 Å². The van der Waals surface area contributed by atoms with Gasteiger partial charge in [0.15, 0.2) is 5.78 Å². The molecule has 0 saturated carbocycles. The first-order chi connectivity index (χ1) is 20.6. The van der Waals surface area contributed by atoms with Crippen molar-refractivity contribution in [1.82, 2.24) is 0 Å². The fourth-order valence-corrected chi connectivity index (χ4v) is 6.04. The molecule has 3 heteroatoms. The molecule has 2 aliphatic rings. The molecule has 3 nitrogen and oxygen atoms in total. The number of ketones is 1. The number of aliphatic hydroxyl groups is 1. The van der Waals surface area contributed by atoms with Gasteiger partial charge in [-0.25, -0.2) is 0 Å². The SMILES string of the molecule is CO[C@H]1CC(C)(C)C(/C=C/C(C)=C/C=C/C(C)=C/C=C/C=C(C)/C=C/C=C(C)/C=C/C2=C(C)C[C@@H](O)CC2(C)C)=C(C)C1=O. The third kappa shape index (κ3) is 11.3. The van der Waals surface area contributed by atoms with Crippen molar-refractivity contribution in [3.8, 4) is 0 Å². The first-order valence-corrected chi connectivity index (χ1v) is 15.8. The first kappa shape index (κ1) is 36.9. The maximum atomic E-state index is 12.6. The van der Waals surface area contributed by atoms with Gasteiger partial charge in [0.2, 0.25) is 0 Å². The zero-order valence-corrected chi connectivity index (χ0v) is 29.1. The predicted octanol–water partition coefficient (Wildman–Crippen LogP) is 10.4. The summed E-state index contributed by atoms with van der Waals surface area (Å²) < 4.78 is 5.41. The molecule has 0 fully saturated rings. The molecule has 0 aromatic rings. The second kappa shape index (κ2) is 16.7. The Morgan fingerprint density at radius 2 is 1.14 bits per heavy atom. The smallest absolute Gasteiger partial charge is 0.187 e. The first-order valence-electron chi connectivity index (χ1n) is 15.8. The third-order valence-electron chi connectivity index (χ3n) is 8.54. The van der Waals surface area contributed by atoms with Crippen LogP contribution in [0, 0.1) is 10.8 Å². The molecular weight excluding hydrogens is 540 g/mol. The number of methoxy groups -OCH3 is 1. The average molecular weight is 597 g/mol. The van der Waals surface area contributed by atoms with E-state index in [0.717, 1.165) is 35.1 Å². The molecule has 0 aromatic carbocycles. The fourth-order valence-electron chi connectivity index (χ4n) is 6.04. The maximum absolute atomic E-state index is 12.6. The fraction of sp³-hybridized carbons (Fsp3) is 0.439. The highest BCUT2D eigenvalue weighted by atomic mass is 16.5. The number of hydrogen-bond donors (Lipinski definition) is 1. The van der Waals surface area contributed by atoms with Crippen LogP contribution < -0.4 is 0 Å². The lowest BCUT2D eigenvalue weighted by atomic mass is 9.71. The van der Waals surface area contributed by atoms with Crippen LogP contribution >= 0.6 is 0 Å². The second-order valence-corrected chi connectivity index (χ2v) is 13.8. The number of carbonyl (C=O) groups excluding carboxylic acids is 1. The number of ether oxygens (including phenoxy) is 1. The van der Waals surface area contributed by atoms with Crippen molar-refractivity contribution in [3.63, 3.8) is 0 Å².